The van der Waals surface area contributed by atoms with Gasteiger partial charge < -0.3 is 15.2 Å². The van der Waals surface area contributed by atoms with Gasteiger partial charge in [-0.05, 0) is 12.0 Å². The minimum atomic E-state index is -0.406. The first-order valence-corrected chi connectivity index (χ1v) is 10.6. The number of guanidine groups is 1. The van der Waals surface area contributed by atoms with E-state index in [1.165, 1.54) is 6.33 Å². The Labute approximate surface area is 187 Å². The summed E-state index contributed by atoms with van der Waals surface area (Å²) in [5.74, 6) is 0.235. The lowest BCUT2D eigenvalue weighted by Gasteiger charge is -2.35. The summed E-state index contributed by atoms with van der Waals surface area (Å²) >= 11 is 0. The highest BCUT2D eigenvalue weighted by Gasteiger charge is 2.35. The highest BCUT2D eigenvalue weighted by molar-refractivity contribution is 5.94. The van der Waals surface area contributed by atoms with Crippen LogP contribution < -0.4 is 11.1 Å². The summed E-state index contributed by atoms with van der Waals surface area (Å²) in [6.07, 6.45) is 9.52. The molecule has 170 valence electrons. The van der Waals surface area contributed by atoms with Gasteiger partial charge >= 0.3 is 0 Å². The molecule has 0 aliphatic heterocycles. The quantitative estimate of drug-likeness (QED) is 0.281. The number of carbonyl (C=O) groups excluding carboxylic acids is 1. The van der Waals surface area contributed by atoms with Gasteiger partial charge in [-0.1, -0.05) is 42.5 Å². The second-order valence-electron chi connectivity index (χ2n) is 7.83. The standard InChI is InChI=1S/C23H30N6O3/c1-31-12-5-13-32-20-14-23(15-29-17-26-16-27-29,11-9-21(30)28-22(24)25)10-8-19(20)18-6-3-2-4-7-18/h2-4,6-8,10,16-17H,5,9,11-15H2,1H3,(H4,24,25,28,30). The topological polar surface area (TPSA) is 128 Å². The Kier molecular flexibility index (Phi) is 8.15. The predicted octanol–water partition coefficient (Wildman–Crippen LogP) is 2.48. The van der Waals surface area contributed by atoms with Gasteiger partial charge in [0.2, 0.25) is 5.91 Å². The molecule has 1 aromatic heterocycles. The fourth-order valence-corrected chi connectivity index (χ4v) is 3.80. The Bertz CT molecular complexity index is 955. The molecule has 1 aliphatic carbocycles. The van der Waals surface area contributed by atoms with E-state index in [-0.39, 0.29) is 18.3 Å². The van der Waals surface area contributed by atoms with Crippen molar-refractivity contribution in [1.29, 1.82) is 5.41 Å². The second kappa shape index (κ2) is 11.2. The minimum absolute atomic E-state index is 0.218. The van der Waals surface area contributed by atoms with Gasteiger partial charge in [0.05, 0.1) is 13.2 Å². The van der Waals surface area contributed by atoms with Crippen molar-refractivity contribution in [2.24, 2.45) is 11.1 Å². The minimum Gasteiger partial charge on any atom is -0.497 e. The van der Waals surface area contributed by atoms with E-state index in [1.54, 1.807) is 18.1 Å². The third-order valence-corrected chi connectivity index (χ3v) is 5.34. The first kappa shape index (κ1) is 23.2. The Balaban J connectivity index is 1.86. The average molecular weight is 439 g/mol. The van der Waals surface area contributed by atoms with Gasteiger partial charge in [-0.25, -0.2) is 4.98 Å². The van der Waals surface area contributed by atoms with Gasteiger partial charge in [-0.15, -0.1) is 0 Å². The van der Waals surface area contributed by atoms with Crippen molar-refractivity contribution in [3.63, 3.8) is 0 Å². The third-order valence-electron chi connectivity index (χ3n) is 5.34. The molecule has 9 nitrogen and oxygen atoms in total. The SMILES string of the molecule is COCCCOC1=C(c2ccccc2)C=CC(CCC(=O)NC(=N)N)(Cn2cncn2)C1. The molecule has 1 unspecified atom stereocenters. The van der Waals surface area contributed by atoms with Crippen LogP contribution in [0.4, 0.5) is 0 Å². The molecule has 1 atom stereocenters. The summed E-state index contributed by atoms with van der Waals surface area (Å²) < 4.78 is 13.2. The van der Waals surface area contributed by atoms with Crippen molar-refractivity contribution in [3.05, 3.63) is 66.5 Å². The number of aromatic nitrogens is 3. The van der Waals surface area contributed by atoms with Crippen molar-refractivity contribution in [3.8, 4) is 0 Å². The zero-order chi connectivity index (χ0) is 22.8. The molecule has 32 heavy (non-hydrogen) atoms. The summed E-state index contributed by atoms with van der Waals surface area (Å²) in [6.45, 7) is 1.71. The van der Waals surface area contributed by atoms with Crippen LogP contribution in [0, 0.1) is 10.8 Å². The Morgan fingerprint density at radius 3 is 2.81 bits per heavy atom. The first-order chi connectivity index (χ1) is 15.5. The van der Waals surface area contributed by atoms with Gasteiger partial charge in [0.15, 0.2) is 5.96 Å². The number of methoxy groups -OCH3 is 1. The largest absolute Gasteiger partial charge is 0.497 e. The van der Waals surface area contributed by atoms with Crippen LogP contribution in [0.5, 0.6) is 0 Å². The molecule has 0 fully saturated rings. The zero-order valence-electron chi connectivity index (χ0n) is 18.3. The van der Waals surface area contributed by atoms with Gasteiger partial charge in [-0.3, -0.25) is 20.2 Å². The van der Waals surface area contributed by atoms with E-state index in [4.69, 9.17) is 20.6 Å². The number of benzene rings is 1. The number of hydrogen-bond donors (Lipinski definition) is 3. The number of hydrogen-bond acceptors (Lipinski definition) is 6. The van der Waals surface area contributed by atoms with Crippen molar-refractivity contribution in [2.45, 2.75) is 32.2 Å². The lowest BCUT2D eigenvalue weighted by Crippen LogP contribution is -2.37. The molecule has 1 aliphatic rings. The molecule has 0 radical (unpaired) electrons. The monoisotopic (exact) mass is 438 g/mol. The molecule has 0 saturated carbocycles. The van der Waals surface area contributed by atoms with Crippen molar-refractivity contribution >= 4 is 17.4 Å². The average Bonchev–Trinajstić information content (AvgIpc) is 3.28. The predicted molar refractivity (Wildman–Crippen MR) is 121 cm³/mol. The number of rotatable bonds is 11. The van der Waals surface area contributed by atoms with E-state index >= 15 is 0 Å². The molecule has 1 heterocycles. The van der Waals surface area contributed by atoms with E-state index in [2.05, 4.69) is 39.7 Å². The summed E-state index contributed by atoms with van der Waals surface area (Å²) in [5.41, 5.74) is 7.01. The van der Waals surface area contributed by atoms with Crippen LogP contribution in [0.15, 0.2) is 60.9 Å². The Hall–Kier alpha value is -3.46. The van der Waals surface area contributed by atoms with Crippen LogP contribution in [0.2, 0.25) is 0 Å². The van der Waals surface area contributed by atoms with Crippen LogP contribution in [0.1, 0.15) is 31.2 Å². The molecular weight excluding hydrogens is 408 g/mol. The van der Waals surface area contributed by atoms with E-state index in [9.17, 15) is 4.79 Å². The summed E-state index contributed by atoms with van der Waals surface area (Å²) in [5, 5.41) is 13.9. The molecule has 3 rings (SSSR count). The first-order valence-electron chi connectivity index (χ1n) is 10.6. The number of nitrogens with one attached hydrogen (secondary N) is 2. The number of allylic oxidation sites excluding steroid dienone is 4. The van der Waals surface area contributed by atoms with Crippen LogP contribution in [0.25, 0.3) is 5.57 Å². The van der Waals surface area contributed by atoms with Crippen molar-refractivity contribution in [1.82, 2.24) is 20.1 Å². The highest BCUT2D eigenvalue weighted by atomic mass is 16.5. The van der Waals surface area contributed by atoms with Crippen molar-refractivity contribution in [2.75, 3.05) is 20.3 Å². The smallest absolute Gasteiger partial charge is 0.226 e. The van der Waals surface area contributed by atoms with E-state index < -0.39 is 5.41 Å². The zero-order valence-corrected chi connectivity index (χ0v) is 18.3. The Morgan fingerprint density at radius 1 is 1.31 bits per heavy atom. The van der Waals surface area contributed by atoms with Crippen molar-refractivity contribution < 1.29 is 14.3 Å². The van der Waals surface area contributed by atoms with E-state index in [1.807, 2.05) is 18.2 Å². The number of amides is 1. The normalized spacial score (nSPS) is 17.9. The van der Waals surface area contributed by atoms with Crippen LogP contribution in [-0.2, 0) is 20.8 Å². The van der Waals surface area contributed by atoms with E-state index in [0.29, 0.717) is 32.6 Å². The Morgan fingerprint density at radius 2 is 2.12 bits per heavy atom. The number of nitrogens with two attached hydrogens (primary N) is 1. The summed E-state index contributed by atoms with van der Waals surface area (Å²) in [6, 6.07) is 10.1. The maximum Gasteiger partial charge on any atom is 0.226 e. The number of carbonyl (C=O) groups is 1. The van der Waals surface area contributed by atoms with Gasteiger partial charge in [-0.2, -0.15) is 5.10 Å². The summed E-state index contributed by atoms with van der Waals surface area (Å²) in [7, 11) is 1.67. The second-order valence-corrected chi connectivity index (χ2v) is 7.83. The molecular formula is C23H30N6O3. The molecule has 2 aromatic rings. The van der Waals surface area contributed by atoms with E-state index in [0.717, 1.165) is 23.3 Å². The van der Waals surface area contributed by atoms with Gasteiger partial charge in [0.25, 0.3) is 0 Å². The maximum atomic E-state index is 12.2. The lowest BCUT2D eigenvalue weighted by molar-refractivity contribution is -0.120. The molecule has 0 saturated heterocycles. The number of ether oxygens (including phenoxy) is 2. The molecule has 1 aromatic carbocycles. The number of nitrogens with zero attached hydrogens (tertiary/aromatic N) is 3. The van der Waals surface area contributed by atoms with Crippen LogP contribution in [0.3, 0.4) is 0 Å². The van der Waals surface area contributed by atoms with Crippen LogP contribution in [-0.4, -0.2) is 47.0 Å². The molecule has 9 heteroatoms. The molecule has 1 amide bonds. The lowest BCUT2D eigenvalue weighted by atomic mass is 9.74. The molecule has 0 bridgehead atoms. The maximum absolute atomic E-state index is 12.2. The molecule has 0 spiro atoms. The molecule has 4 N–H and O–H groups in total. The van der Waals surface area contributed by atoms with Gasteiger partial charge in [0.1, 0.15) is 18.4 Å². The summed E-state index contributed by atoms with van der Waals surface area (Å²) in [4.78, 5) is 16.3. The van der Waals surface area contributed by atoms with Crippen LogP contribution >= 0.6 is 0 Å². The fraction of sp³-hybridized carbons (Fsp3) is 0.391. The van der Waals surface area contributed by atoms with Gasteiger partial charge in [0, 0.05) is 44.0 Å². The highest BCUT2D eigenvalue weighted by Crippen LogP contribution is 2.42. The third kappa shape index (κ3) is 6.52. The fourth-order valence-electron chi connectivity index (χ4n) is 3.80.